The molecule has 2 aromatic rings. The van der Waals surface area contributed by atoms with E-state index in [4.69, 9.17) is 21.1 Å². The number of ether oxygens (including phenoxy) is 2. The van der Waals surface area contributed by atoms with Crippen molar-refractivity contribution in [1.82, 2.24) is 0 Å². The number of benzene rings is 2. The minimum Gasteiger partial charge on any atom is -0.490 e. The lowest BCUT2D eigenvalue weighted by Crippen LogP contribution is -2.06. The molecule has 118 valence electrons. The van der Waals surface area contributed by atoms with Crippen LogP contribution in [-0.4, -0.2) is 6.61 Å². The first-order valence-corrected chi connectivity index (χ1v) is 8.23. The summed E-state index contributed by atoms with van der Waals surface area (Å²) in [5, 5.41) is 0. The molecular formula is C19H23ClO2. The van der Waals surface area contributed by atoms with Crippen LogP contribution < -0.4 is 9.47 Å². The molecule has 0 aliphatic heterocycles. The normalized spacial score (nSPS) is 10.6. The van der Waals surface area contributed by atoms with Crippen molar-refractivity contribution < 1.29 is 9.47 Å². The number of hydrogen-bond acceptors (Lipinski definition) is 2. The number of alkyl halides is 1. The van der Waals surface area contributed by atoms with Gasteiger partial charge in [-0.1, -0.05) is 25.1 Å². The van der Waals surface area contributed by atoms with Gasteiger partial charge in [-0.05, 0) is 50.5 Å². The van der Waals surface area contributed by atoms with E-state index >= 15 is 0 Å². The van der Waals surface area contributed by atoms with E-state index < -0.39 is 0 Å². The van der Waals surface area contributed by atoms with Gasteiger partial charge in [-0.2, -0.15) is 0 Å². The summed E-state index contributed by atoms with van der Waals surface area (Å²) in [7, 11) is 0. The van der Waals surface area contributed by atoms with E-state index in [-0.39, 0.29) is 0 Å². The molecule has 2 rings (SSSR count). The van der Waals surface area contributed by atoms with E-state index in [0.29, 0.717) is 12.5 Å². The average Bonchev–Trinajstić information content (AvgIpc) is 2.54. The molecule has 0 unspecified atom stereocenters. The summed E-state index contributed by atoms with van der Waals surface area (Å²) in [6.45, 7) is 8.94. The van der Waals surface area contributed by atoms with Gasteiger partial charge in [-0.3, -0.25) is 0 Å². The summed E-state index contributed by atoms with van der Waals surface area (Å²) in [6.07, 6.45) is 0.899. The van der Waals surface area contributed by atoms with Crippen LogP contribution in [0.3, 0.4) is 0 Å². The molecule has 0 amide bonds. The molecule has 0 saturated carbocycles. The Bertz CT molecular complexity index is 636. The molecular weight excluding hydrogens is 296 g/mol. The Morgan fingerprint density at radius 1 is 0.909 bits per heavy atom. The Balaban J connectivity index is 2.64. The molecule has 0 bridgehead atoms. The lowest BCUT2D eigenvalue weighted by molar-refractivity contribution is 0.316. The maximum Gasteiger partial charge on any atom is 0.174 e. The second-order valence-electron chi connectivity index (χ2n) is 5.20. The highest BCUT2D eigenvalue weighted by Gasteiger charge is 2.21. The van der Waals surface area contributed by atoms with Gasteiger partial charge in [0.2, 0.25) is 0 Å². The molecule has 0 atom stereocenters. The van der Waals surface area contributed by atoms with Crippen molar-refractivity contribution in [3.8, 4) is 17.2 Å². The van der Waals surface area contributed by atoms with Crippen LogP contribution in [0.5, 0.6) is 17.2 Å². The van der Waals surface area contributed by atoms with Crippen LogP contribution >= 0.6 is 11.6 Å². The highest BCUT2D eigenvalue weighted by Crippen LogP contribution is 2.43. The van der Waals surface area contributed by atoms with Crippen molar-refractivity contribution in [2.24, 2.45) is 0 Å². The Morgan fingerprint density at radius 3 is 2.09 bits per heavy atom. The predicted molar refractivity (Wildman–Crippen MR) is 92.5 cm³/mol. The van der Waals surface area contributed by atoms with Crippen molar-refractivity contribution in [3.63, 3.8) is 0 Å². The van der Waals surface area contributed by atoms with Gasteiger partial charge in [0.15, 0.2) is 11.5 Å². The standard InChI is InChI=1S/C19H23ClO2/c1-5-16-13(3)14(4)17(12-20)19(18(16)21-6-2)22-15-10-8-7-9-11-15/h7-11H,5-6,12H2,1-4H3. The van der Waals surface area contributed by atoms with Gasteiger partial charge < -0.3 is 9.47 Å². The molecule has 0 spiro atoms. The smallest absolute Gasteiger partial charge is 0.174 e. The Hall–Kier alpha value is -1.67. The molecule has 0 aromatic heterocycles. The van der Waals surface area contributed by atoms with Gasteiger partial charge in [-0.15, -0.1) is 11.6 Å². The van der Waals surface area contributed by atoms with E-state index in [1.54, 1.807) is 0 Å². The van der Waals surface area contributed by atoms with Crippen molar-refractivity contribution in [1.29, 1.82) is 0 Å². The fourth-order valence-corrected chi connectivity index (χ4v) is 2.99. The highest BCUT2D eigenvalue weighted by atomic mass is 35.5. The number of halogens is 1. The molecule has 0 heterocycles. The first-order valence-electron chi connectivity index (χ1n) is 7.70. The predicted octanol–water partition coefficient (Wildman–Crippen LogP) is 5.80. The summed E-state index contributed by atoms with van der Waals surface area (Å²) < 4.78 is 12.1. The maximum atomic E-state index is 6.21. The third-order valence-corrected chi connectivity index (χ3v) is 4.23. The monoisotopic (exact) mass is 318 g/mol. The molecule has 0 aliphatic carbocycles. The molecule has 0 N–H and O–H groups in total. The molecule has 22 heavy (non-hydrogen) atoms. The van der Waals surface area contributed by atoms with Crippen LogP contribution in [0.15, 0.2) is 30.3 Å². The van der Waals surface area contributed by atoms with Crippen LogP contribution in [0.1, 0.15) is 36.1 Å². The number of rotatable bonds is 6. The second-order valence-corrected chi connectivity index (χ2v) is 5.47. The minimum absolute atomic E-state index is 0.402. The van der Waals surface area contributed by atoms with Crippen molar-refractivity contribution in [2.75, 3.05) is 6.61 Å². The van der Waals surface area contributed by atoms with Crippen LogP contribution in [-0.2, 0) is 12.3 Å². The lowest BCUT2D eigenvalue weighted by atomic mass is 9.95. The van der Waals surface area contributed by atoms with Gasteiger partial charge in [-0.25, -0.2) is 0 Å². The Kier molecular flexibility index (Phi) is 5.73. The number of hydrogen-bond donors (Lipinski definition) is 0. The van der Waals surface area contributed by atoms with Gasteiger partial charge in [0, 0.05) is 11.1 Å². The molecule has 0 saturated heterocycles. The van der Waals surface area contributed by atoms with Gasteiger partial charge >= 0.3 is 0 Å². The topological polar surface area (TPSA) is 18.5 Å². The maximum absolute atomic E-state index is 6.21. The molecule has 0 fully saturated rings. The molecule has 0 aliphatic rings. The SMILES string of the molecule is CCOc1c(CC)c(C)c(C)c(CCl)c1Oc1ccccc1. The molecule has 2 aromatic carbocycles. The summed E-state index contributed by atoms with van der Waals surface area (Å²) >= 11 is 6.21. The molecule has 2 nitrogen and oxygen atoms in total. The quantitative estimate of drug-likeness (QED) is 0.627. The minimum atomic E-state index is 0.402. The zero-order valence-electron chi connectivity index (χ0n) is 13.7. The van der Waals surface area contributed by atoms with Gasteiger partial charge in [0.25, 0.3) is 0 Å². The zero-order valence-corrected chi connectivity index (χ0v) is 14.5. The zero-order chi connectivity index (χ0) is 16.1. The van der Waals surface area contributed by atoms with Crippen LogP contribution in [0.25, 0.3) is 0 Å². The van der Waals surface area contributed by atoms with Crippen LogP contribution in [0.2, 0.25) is 0 Å². The Morgan fingerprint density at radius 2 is 1.55 bits per heavy atom. The fourth-order valence-electron chi connectivity index (χ4n) is 2.67. The lowest BCUT2D eigenvalue weighted by Gasteiger charge is -2.22. The van der Waals surface area contributed by atoms with Crippen LogP contribution in [0.4, 0.5) is 0 Å². The summed E-state index contributed by atoms with van der Waals surface area (Å²) in [6, 6.07) is 9.76. The van der Waals surface area contributed by atoms with E-state index in [0.717, 1.165) is 29.2 Å². The van der Waals surface area contributed by atoms with Crippen molar-refractivity contribution >= 4 is 11.6 Å². The summed E-state index contributed by atoms with van der Waals surface area (Å²) in [5.74, 6) is 2.77. The molecule has 3 heteroatoms. The first kappa shape index (κ1) is 16.7. The van der Waals surface area contributed by atoms with Crippen molar-refractivity contribution in [2.45, 2.75) is 40.0 Å². The largest absolute Gasteiger partial charge is 0.490 e. The Labute approximate surface area is 138 Å². The third-order valence-electron chi connectivity index (χ3n) is 3.96. The highest BCUT2D eigenvalue weighted by molar-refractivity contribution is 6.17. The van der Waals surface area contributed by atoms with E-state index in [2.05, 4.69) is 20.8 Å². The molecule has 0 radical (unpaired) electrons. The summed E-state index contributed by atoms with van der Waals surface area (Å²) in [4.78, 5) is 0. The first-order chi connectivity index (χ1) is 10.6. The number of para-hydroxylation sites is 1. The average molecular weight is 319 g/mol. The third kappa shape index (κ3) is 3.22. The van der Waals surface area contributed by atoms with E-state index in [9.17, 15) is 0 Å². The van der Waals surface area contributed by atoms with E-state index in [1.807, 2.05) is 37.3 Å². The van der Waals surface area contributed by atoms with Gasteiger partial charge in [0.05, 0.1) is 12.5 Å². The van der Waals surface area contributed by atoms with Gasteiger partial charge in [0.1, 0.15) is 5.75 Å². The van der Waals surface area contributed by atoms with Crippen molar-refractivity contribution in [3.05, 3.63) is 52.6 Å². The fraction of sp³-hybridized carbons (Fsp3) is 0.368. The van der Waals surface area contributed by atoms with E-state index in [1.165, 1.54) is 16.7 Å². The van der Waals surface area contributed by atoms with Crippen LogP contribution in [0, 0.1) is 13.8 Å². The summed E-state index contributed by atoms with van der Waals surface area (Å²) in [5.41, 5.74) is 4.62. The second kappa shape index (κ2) is 7.55.